The quantitative estimate of drug-likeness (QED) is 0.569. The summed E-state index contributed by atoms with van der Waals surface area (Å²) in [5.41, 5.74) is 0. The Morgan fingerprint density at radius 3 is 2.46 bits per heavy atom. The van der Waals surface area contributed by atoms with Crippen LogP contribution in [-0.2, 0) is 0 Å². The Labute approximate surface area is 91.5 Å². The Bertz CT molecular complexity index is 338. The summed E-state index contributed by atoms with van der Waals surface area (Å²) in [6, 6.07) is 1.62. The molecule has 72 valence electrons. The highest BCUT2D eigenvalue weighted by Crippen LogP contribution is 2.17. The summed E-state index contributed by atoms with van der Waals surface area (Å²) in [5.74, 6) is -0.274. The maximum absolute atomic E-state index is 13.5. The van der Waals surface area contributed by atoms with Crippen molar-refractivity contribution in [3.8, 4) is 0 Å². The molecule has 1 nitrogen and oxygen atoms in total. The van der Waals surface area contributed by atoms with Crippen molar-refractivity contribution in [2.24, 2.45) is 0 Å². The Balaban J connectivity index is 3.37. The lowest BCUT2D eigenvalue weighted by molar-refractivity contribution is 0.620. The van der Waals surface area contributed by atoms with E-state index in [0.717, 1.165) is 0 Å². The molecule has 0 aliphatic heterocycles. The summed E-state index contributed by atoms with van der Waals surface area (Å²) >= 11 is 8.78. The van der Waals surface area contributed by atoms with Gasteiger partial charge in [0.05, 0.1) is 8.07 Å². The van der Waals surface area contributed by atoms with Crippen LogP contribution in [0.15, 0.2) is 10.7 Å². The minimum Gasteiger partial charge on any atom is -0.226 e. The van der Waals surface area contributed by atoms with Gasteiger partial charge in [-0.15, -0.1) is 0 Å². The largest absolute Gasteiger partial charge is 0.226 e. The van der Waals surface area contributed by atoms with E-state index >= 15 is 0 Å². The fourth-order valence-electron chi connectivity index (χ4n) is 1.01. The molecule has 5 heteroatoms. The number of nitrogens with zero attached hydrogens (tertiary/aromatic N) is 1. The third-order valence-electron chi connectivity index (χ3n) is 1.69. The molecule has 1 aromatic rings. The van der Waals surface area contributed by atoms with Crippen LogP contribution in [-0.4, -0.2) is 13.1 Å². The van der Waals surface area contributed by atoms with Crippen LogP contribution in [0.2, 0.25) is 24.8 Å². The van der Waals surface area contributed by atoms with Gasteiger partial charge in [0.1, 0.15) is 9.76 Å². The minimum atomic E-state index is -1.67. The Morgan fingerprint density at radius 1 is 1.46 bits per heavy atom. The zero-order valence-corrected chi connectivity index (χ0v) is 11.0. The van der Waals surface area contributed by atoms with Crippen LogP contribution in [0.4, 0.5) is 4.39 Å². The average molecular weight is 283 g/mol. The van der Waals surface area contributed by atoms with Gasteiger partial charge in [0.25, 0.3) is 0 Å². The molecular weight excluding hydrogens is 273 g/mol. The Kier molecular flexibility index (Phi) is 3.15. The van der Waals surface area contributed by atoms with Crippen LogP contribution in [0.5, 0.6) is 0 Å². The Morgan fingerprint density at radius 2 is 2.00 bits per heavy atom. The van der Waals surface area contributed by atoms with Crippen molar-refractivity contribution in [1.82, 2.24) is 4.98 Å². The minimum absolute atomic E-state index is 0.206. The summed E-state index contributed by atoms with van der Waals surface area (Å²) in [6.45, 7) is 6.19. The number of aromatic nitrogens is 1. The van der Waals surface area contributed by atoms with Crippen LogP contribution in [0.3, 0.4) is 0 Å². The van der Waals surface area contributed by atoms with Crippen molar-refractivity contribution in [3.05, 3.63) is 21.6 Å². The van der Waals surface area contributed by atoms with Gasteiger partial charge in [0.15, 0.2) is 5.82 Å². The monoisotopic (exact) mass is 281 g/mol. The van der Waals surface area contributed by atoms with Gasteiger partial charge in [-0.2, -0.15) is 0 Å². The van der Waals surface area contributed by atoms with Gasteiger partial charge in [-0.25, -0.2) is 9.37 Å². The number of rotatable bonds is 1. The van der Waals surface area contributed by atoms with Gasteiger partial charge in [0, 0.05) is 0 Å². The van der Waals surface area contributed by atoms with E-state index in [9.17, 15) is 4.39 Å². The van der Waals surface area contributed by atoms with Crippen LogP contribution in [0, 0.1) is 5.82 Å². The molecule has 0 spiro atoms. The molecule has 0 saturated carbocycles. The maximum atomic E-state index is 13.5. The predicted molar refractivity (Wildman–Crippen MR) is 59.9 cm³/mol. The van der Waals surface area contributed by atoms with Crippen LogP contribution in [0.1, 0.15) is 0 Å². The number of pyridine rings is 1. The van der Waals surface area contributed by atoms with Crippen molar-refractivity contribution in [3.63, 3.8) is 0 Å². The lowest BCUT2D eigenvalue weighted by Gasteiger charge is -2.17. The van der Waals surface area contributed by atoms with Crippen LogP contribution < -0.4 is 5.19 Å². The van der Waals surface area contributed by atoms with Gasteiger partial charge in [-0.05, 0) is 27.2 Å². The normalized spacial score (nSPS) is 11.8. The first-order valence-electron chi connectivity index (χ1n) is 3.84. The molecule has 1 rings (SSSR count). The van der Waals surface area contributed by atoms with E-state index in [0.29, 0.717) is 10.3 Å². The molecule has 13 heavy (non-hydrogen) atoms. The number of hydrogen-bond acceptors (Lipinski definition) is 1. The third kappa shape index (κ3) is 2.51. The zero-order valence-electron chi connectivity index (χ0n) is 7.66. The van der Waals surface area contributed by atoms with E-state index in [1.165, 1.54) is 0 Å². The molecule has 1 heterocycles. The first kappa shape index (κ1) is 11.1. The number of hydrogen-bond donors (Lipinski definition) is 0. The van der Waals surface area contributed by atoms with Gasteiger partial charge >= 0.3 is 0 Å². The first-order chi connectivity index (χ1) is 5.82. The summed E-state index contributed by atoms with van der Waals surface area (Å²) in [7, 11) is -1.67. The Hall–Kier alpha value is 0.0669. The lowest BCUT2D eigenvalue weighted by atomic mass is 10.5. The molecule has 0 fully saturated rings. The highest BCUT2D eigenvalue weighted by atomic mass is 79.9. The topological polar surface area (TPSA) is 12.9 Å². The predicted octanol–water partition coefficient (Wildman–Crippen LogP) is 3.18. The SMILES string of the molecule is C[Si](C)(C)c1cc(Cl)nc(Br)c1F. The lowest BCUT2D eigenvalue weighted by Crippen LogP contribution is -2.40. The molecule has 0 aliphatic carbocycles. The van der Waals surface area contributed by atoms with Crippen molar-refractivity contribution < 1.29 is 4.39 Å². The highest BCUT2D eigenvalue weighted by molar-refractivity contribution is 9.10. The molecule has 0 bridgehead atoms. The fourth-order valence-corrected chi connectivity index (χ4v) is 3.34. The van der Waals surface area contributed by atoms with E-state index in [1.807, 2.05) is 0 Å². The molecule has 0 aromatic carbocycles. The van der Waals surface area contributed by atoms with Crippen LogP contribution in [0.25, 0.3) is 0 Å². The summed E-state index contributed by atoms with van der Waals surface area (Å²) < 4.78 is 13.8. The van der Waals surface area contributed by atoms with Gasteiger partial charge in [-0.1, -0.05) is 31.2 Å². The van der Waals surface area contributed by atoms with E-state index in [4.69, 9.17) is 11.6 Å². The van der Waals surface area contributed by atoms with Crippen LogP contribution >= 0.6 is 27.5 Å². The molecule has 0 N–H and O–H groups in total. The third-order valence-corrected chi connectivity index (χ3v) is 4.39. The molecule has 1 aromatic heterocycles. The van der Waals surface area contributed by atoms with E-state index in [-0.39, 0.29) is 10.4 Å². The van der Waals surface area contributed by atoms with Crippen molar-refractivity contribution in [1.29, 1.82) is 0 Å². The van der Waals surface area contributed by atoms with Crippen molar-refractivity contribution in [2.75, 3.05) is 0 Å². The first-order valence-corrected chi connectivity index (χ1v) is 8.51. The second-order valence-electron chi connectivity index (χ2n) is 3.85. The molecule has 0 aliphatic rings. The van der Waals surface area contributed by atoms with Gasteiger partial charge in [-0.3, -0.25) is 0 Å². The van der Waals surface area contributed by atoms with E-state index in [1.54, 1.807) is 6.07 Å². The molecule has 0 atom stereocenters. The second-order valence-corrected chi connectivity index (χ2v) is 10.0. The fraction of sp³-hybridized carbons (Fsp3) is 0.375. The molecule has 0 amide bonds. The standard InChI is InChI=1S/C8H10BrClFNSi/c1-13(2,3)5-4-6(10)12-8(9)7(5)11/h4H,1-3H3. The second kappa shape index (κ2) is 3.67. The summed E-state index contributed by atoms with van der Waals surface area (Å²) in [6.07, 6.45) is 0. The van der Waals surface area contributed by atoms with E-state index < -0.39 is 8.07 Å². The van der Waals surface area contributed by atoms with E-state index in [2.05, 4.69) is 40.6 Å². The van der Waals surface area contributed by atoms with Crippen molar-refractivity contribution in [2.45, 2.75) is 19.6 Å². The summed E-state index contributed by atoms with van der Waals surface area (Å²) in [5, 5.41) is 1.05. The zero-order chi connectivity index (χ0) is 10.2. The van der Waals surface area contributed by atoms with Gasteiger partial charge in [0.2, 0.25) is 0 Å². The molecule has 0 saturated heterocycles. The number of halogens is 3. The smallest absolute Gasteiger partial charge is 0.155 e. The van der Waals surface area contributed by atoms with Crippen molar-refractivity contribution >= 4 is 40.8 Å². The summed E-state index contributed by atoms with van der Waals surface area (Å²) in [4.78, 5) is 3.78. The van der Waals surface area contributed by atoms with Gasteiger partial charge < -0.3 is 0 Å². The molecular formula is C8H10BrClFNSi. The molecule has 0 unspecified atom stereocenters. The average Bonchev–Trinajstić information content (AvgIpc) is 1.94. The highest BCUT2D eigenvalue weighted by Gasteiger charge is 2.23. The molecule has 0 radical (unpaired) electrons. The maximum Gasteiger partial charge on any atom is 0.155 e.